The minimum Gasteiger partial charge on any atom is -0.356 e. The Morgan fingerprint density at radius 2 is 1.81 bits per heavy atom. The Bertz CT molecular complexity index is 756. The molecule has 6 nitrogen and oxygen atoms in total. The second-order valence-electron chi connectivity index (χ2n) is 9.27. The third kappa shape index (κ3) is 6.59. The Morgan fingerprint density at radius 3 is 2.56 bits per heavy atom. The van der Waals surface area contributed by atoms with Crippen LogP contribution in [0.1, 0.15) is 63.4 Å². The molecule has 2 N–H and O–H groups in total. The Labute approximate surface area is 210 Å². The van der Waals surface area contributed by atoms with E-state index in [-0.39, 0.29) is 29.9 Å². The highest BCUT2D eigenvalue weighted by atomic mass is 127. The van der Waals surface area contributed by atoms with Gasteiger partial charge in [-0.05, 0) is 50.2 Å². The summed E-state index contributed by atoms with van der Waals surface area (Å²) >= 11 is 0. The van der Waals surface area contributed by atoms with Gasteiger partial charge in [0.2, 0.25) is 5.91 Å². The van der Waals surface area contributed by atoms with Crippen LogP contribution in [0.3, 0.4) is 0 Å². The lowest BCUT2D eigenvalue weighted by Gasteiger charge is -2.39. The number of hydrogen-bond donors (Lipinski definition) is 2. The summed E-state index contributed by atoms with van der Waals surface area (Å²) in [5.41, 5.74) is 2.38. The molecule has 7 heteroatoms. The fourth-order valence-corrected chi connectivity index (χ4v) is 5.42. The van der Waals surface area contributed by atoms with Crippen LogP contribution in [0.2, 0.25) is 0 Å². The van der Waals surface area contributed by atoms with E-state index in [0.717, 1.165) is 43.6 Å². The molecule has 1 amide bonds. The lowest BCUT2D eigenvalue weighted by atomic mass is 9.92. The number of carbonyl (C=O) groups excluding carboxylic acids is 1. The van der Waals surface area contributed by atoms with Crippen molar-refractivity contribution in [2.45, 2.75) is 76.3 Å². The van der Waals surface area contributed by atoms with Crippen LogP contribution in [0.4, 0.5) is 5.69 Å². The van der Waals surface area contributed by atoms with Crippen molar-refractivity contribution in [2.75, 3.05) is 38.1 Å². The molecule has 0 aromatic heterocycles. The molecule has 0 unspecified atom stereocenters. The van der Waals surface area contributed by atoms with Crippen molar-refractivity contribution >= 4 is 41.5 Å². The number of rotatable bonds is 6. The fourth-order valence-electron chi connectivity index (χ4n) is 5.42. The number of fused-ring (bicyclic) bond motifs is 1. The van der Waals surface area contributed by atoms with E-state index >= 15 is 0 Å². The lowest BCUT2D eigenvalue weighted by molar-refractivity contribution is -0.118. The first-order chi connectivity index (χ1) is 15.2. The Kier molecular flexibility index (Phi) is 10.1. The fraction of sp³-hybridized carbons (Fsp3) is 0.680. The van der Waals surface area contributed by atoms with Crippen molar-refractivity contribution in [3.63, 3.8) is 0 Å². The van der Waals surface area contributed by atoms with Gasteiger partial charge >= 0.3 is 0 Å². The summed E-state index contributed by atoms with van der Waals surface area (Å²) in [7, 11) is 1.83. The monoisotopic (exact) mass is 553 g/mol. The third-order valence-corrected chi connectivity index (χ3v) is 7.23. The summed E-state index contributed by atoms with van der Waals surface area (Å²) in [5, 5.41) is 7.01. The standard InChI is InChI=1S/C25H39N5O.HI/c1-26-25(28-21-14-17-29(18-15-21)22-9-3-2-4-10-22)27-16-7-12-24(31)30-19-13-20-8-5-6-11-23(20)30;/h5-6,8,11,21-22H,2-4,7,9-10,12-19H2,1H3,(H2,26,27,28);1H. The van der Waals surface area contributed by atoms with Gasteiger partial charge in [-0.1, -0.05) is 37.5 Å². The van der Waals surface area contributed by atoms with Gasteiger partial charge < -0.3 is 20.4 Å². The number of likely N-dealkylation sites (tertiary alicyclic amines) is 1. The largest absolute Gasteiger partial charge is 0.356 e. The van der Waals surface area contributed by atoms with Gasteiger partial charge in [-0.25, -0.2) is 0 Å². The number of benzene rings is 1. The highest BCUT2D eigenvalue weighted by Crippen LogP contribution is 2.28. The van der Waals surface area contributed by atoms with Gasteiger partial charge in [0, 0.05) is 57.4 Å². The van der Waals surface area contributed by atoms with Crippen molar-refractivity contribution in [3.05, 3.63) is 29.8 Å². The smallest absolute Gasteiger partial charge is 0.227 e. The van der Waals surface area contributed by atoms with Crippen LogP contribution in [0.15, 0.2) is 29.3 Å². The number of nitrogens with one attached hydrogen (secondary N) is 2. The summed E-state index contributed by atoms with van der Waals surface area (Å²) in [5.74, 6) is 1.10. The molecule has 4 rings (SSSR count). The molecule has 0 bridgehead atoms. The van der Waals surface area contributed by atoms with Crippen molar-refractivity contribution in [2.24, 2.45) is 4.99 Å². The maximum atomic E-state index is 12.6. The van der Waals surface area contributed by atoms with Crippen LogP contribution in [0.25, 0.3) is 0 Å². The van der Waals surface area contributed by atoms with E-state index in [1.165, 1.54) is 63.6 Å². The molecule has 2 fully saturated rings. The molecule has 178 valence electrons. The van der Waals surface area contributed by atoms with E-state index in [9.17, 15) is 4.79 Å². The van der Waals surface area contributed by atoms with Crippen molar-refractivity contribution in [1.29, 1.82) is 0 Å². The quantitative estimate of drug-likeness (QED) is 0.243. The molecule has 1 saturated heterocycles. The molecule has 2 heterocycles. The minimum absolute atomic E-state index is 0. The Morgan fingerprint density at radius 1 is 1.06 bits per heavy atom. The van der Waals surface area contributed by atoms with Crippen molar-refractivity contribution in [3.8, 4) is 0 Å². The zero-order valence-electron chi connectivity index (χ0n) is 19.5. The average Bonchev–Trinajstić information content (AvgIpc) is 3.26. The molecule has 0 atom stereocenters. The molecular formula is C25H40IN5O. The van der Waals surface area contributed by atoms with E-state index in [1.807, 2.05) is 18.0 Å². The number of carbonyl (C=O) groups is 1. The first kappa shape index (κ1) is 25.3. The van der Waals surface area contributed by atoms with E-state index in [2.05, 4.69) is 38.7 Å². The lowest BCUT2D eigenvalue weighted by Crippen LogP contribution is -2.51. The number of para-hydroxylation sites is 1. The molecule has 1 aromatic carbocycles. The number of guanidine groups is 1. The number of hydrogen-bond acceptors (Lipinski definition) is 3. The molecule has 1 aromatic rings. The molecule has 3 aliphatic rings. The third-order valence-electron chi connectivity index (χ3n) is 7.23. The number of anilines is 1. The SMILES string of the molecule is CN=C(NCCCC(=O)N1CCc2ccccc21)NC1CCN(C2CCCCC2)CC1.I. The highest BCUT2D eigenvalue weighted by molar-refractivity contribution is 14.0. The van der Waals surface area contributed by atoms with E-state index in [0.29, 0.717) is 12.5 Å². The number of aliphatic imine (C=N–C) groups is 1. The van der Waals surface area contributed by atoms with Gasteiger partial charge in [0.05, 0.1) is 0 Å². The Balaban J connectivity index is 0.00000289. The summed E-state index contributed by atoms with van der Waals surface area (Å²) in [4.78, 5) is 21.7. The van der Waals surface area contributed by atoms with Gasteiger partial charge in [0.15, 0.2) is 5.96 Å². The number of piperidine rings is 1. The first-order valence-corrected chi connectivity index (χ1v) is 12.3. The van der Waals surface area contributed by atoms with Crippen molar-refractivity contribution < 1.29 is 4.79 Å². The van der Waals surface area contributed by atoms with Crippen LogP contribution >= 0.6 is 24.0 Å². The maximum absolute atomic E-state index is 12.6. The first-order valence-electron chi connectivity index (χ1n) is 12.3. The van der Waals surface area contributed by atoms with Crippen LogP contribution in [0.5, 0.6) is 0 Å². The molecule has 2 aliphatic heterocycles. The number of amides is 1. The normalized spacial score (nSPS) is 20.5. The van der Waals surface area contributed by atoms with E-state index in [4.69, 9.17) is 0 Å². The molecule has 1 saturated carbocycles. The molecule has 32 heavy (non-hydrogen) atoms. The number of nitrogens with zero attached hydrogens (tertiary/aromatic N) is 3. The molecule has 1 aliphatic carbocycles. The van der Waals surface area contributed by atoms with Crippen LogP contribution in [0, 0.1) is 0 Å². The van der Waals surface area contributed by atoms with Crippen molar-refractivity contribution in [1.82, 2.24) is 15.5 Å². The van der Waals surface area contributed by atoms with E-state index < -0.39 is 0 Å². The predicted octanol–water partition coefficient (Wildman–Crippen LogP) is 3.94. The second kappa shape index (κ2) is 12.8. The molecule has 0 spiro atoms. The summed E-state index contributed by atoms with van der Waals surface area (Å²) in [6.07, 6.45) is 11.7. The zero-order chi connectivity index (χ0) is 21.5. The van der Waals surface area contributed by atoms with Gasteiger partial charge in [0.1, 0.15) is 0 Å². The molecular weight excluding hydrogens is 513 g/mol. The summed E-state index contributed by atoms with van der Waals surface area (Å²) in [6.45, 7) is 3.98. The van der Waals surface area contributed by atoms with Gasteiger partial charge in [-0.15, -0.1) is 24.0 Å². The van der Waals surface area contributed by atoms with Gasteiger partial charge in [-0.2, -0.15) is 0 Å². The summed E-state index contributed by atoms with van der Waals surface area (Å²) in [6, 6.07) is 9.57. The predicted molar refractivity (Wildman–Crippen MR) is 143 cm³/mol. The topological polar surface area (TPSA) is 60.0 Å². The maximum Gasteiger partial charge on any atom is 0.227 e. The molecule has 0 radical (unpaired) electrons. The van der Waals surface area contributed by atoms with Gasteiger partial charge in [0.25, 0.3) is 0 Å². The zero-order valence-corrected chi connectivity index (χ0v) is 21.9. The van der Waals surface area contributed by atoms with Crippen LogP contribution < -0.4 is 15.5 Å². The van der Waals surface area contributed by atoms with E-state index in [1.54, 1.807) is 0 Å². The summed E-state index contributed by atoms with van der Waals surface area (Å²) < 4.78 is 0. The minimum atomic E-state index is 0. The van der Waals surface area contributed by atoms with Crippen LogP contribution in [-0.2, 0) is 11.2 Å². The average molecular weight is 554 g/mol. The Hall–Kier alpha value is -1.35. The second-order valence-corrected chi connectivity index (χ2v) is 9.27. The number of halogens is 1. The highest BCUT2D eigenvalue weighted by Gasteiger charge is 2.27. The van der Waals surface area contributed by atoms with Crippen LogP contribution in [-0.4, -0.2) is 62.1 Å². The van der Waals surface area contributed by atoms with Gasteiger partial charge in [-0.3, -0.25) is 9.79 Å².